The Hall–Kier alpha value is -1.39. The molecule has 0 fully saturated rings. The van der Waals surface area contributed by atoms with Crippen LogP contribution in [-0.2, 0) is 4.79 Å². The van der Waals surface area contributed by atoms with Gasteiger partial charge in [0.2, 0.25) is 6.04 Å². The fourth-order valence-electron chi connectivity index (χ4n) is 0.906. The standard InChI is InChI=1S/C8H13NO4/c1-3-7(9(12)13)5-4-6(2)8(10)11/h7H,2-5H2,1H3,(H,10,11). The van der Waals surface area contributed by atoms with Gasteiger partial charge in [0.05, 0.1) is 0 Å². The molecule has 0 aromatic rings. The Balaban J connectivity index is 3.92. The van der Waals surface area contributed by atoms with Crippen LogP contribution in [0.25, 0.3) is 0 Å². The Morgan fingerprint density at radius 1 is 1.69 bits per heavy atom. The summed E-state index contributed by atoms with van der Waals surface area (Å²) in [6.07, 6.45) is 0.837. The second-order valence-corrected chi connectivity index (χ2v) is 2.79. The van der Waals surface area contributed by atoms with Crippen molar-refractivity contribution in [3.05, 3.63) is 22.3 Å². The van der Waals surface area contributed by atoms with Crippen LogP contribution in [0.2, 0.25) is 0 Å². The molecule has 13 heavy (non-hydrogen) atoms. The van der Waals surface area contributed by atoms with Gasteiger partial charge in [0, 0.05) is 23.3 Å². The fourth-order valence-corrected chi connectivity index (χ4v) is 0.906. The summed E-state index contributed by atoms with van der Waals surface area (Å²) in [6, 6.07) is -0.656. The summed E-state index contributed by atoms with van der Waals surface area (Å²) in [5, 5.41) is 18.8. The second kappa shape index (κ2) is 5.29. The third kappa shape index (κ3) is 4.25. The van der Waals surface area contributed by atoms with Crippen molar-refractivity contribution >= 4 is 5.97 Å². The summed E-state index contributed by atoms with van der Waals surface area (Å²) < 4.78 is 0. The molecule has 0 rings (SSSR count). The first-order chi connectivity index (χ1) is 5.99. The summed E-state index contributed by atoms with van der Waals surface area (Å²) in [6.45, 7) is 5.00. The number of hydrogen-bond acceptors (Lipinski definition) is 3. The third-order valence-corrected chi connectivity index (χ3v) is 1.85. The van der Waals surface area contributed by atoms with Crippen molar-refractivity contribution < 1.29 is 14.8 Å². The van der Waals surface area contributed by atoms with Gasteiger partial charge in [0.25, 0.3) is 0 Å². The molecule has 0 aliphatic carbocycles. The minimum Gasteiger partial charge on any atom is -0.478 e. The summed E-state index contributed by atoms with van der Waals surface area (Å²) >= 11 is 0. The summed E-state index contributed by atoms with van der Waals surface area (Å²) in [5.41, 5.74) is 0.0281. The number of hydrogen-bond donors (Lipinski definition) is 1. The van der Waals surface area contributed by atoms with Crippen molar-refractivity contribution in [2.45, 2.75) is 32.2 Å². The van der Waals surface area contributed by atoms with E-state index in [4.69, 9.17) is 5.11 Å². The molecule has 0 aliphatic heterocycles. The number of rotatable bonds is 6. The molecular weight excluding hydrogens is 174 g/mol. The van der Waals surface area contributed by atoms with Crippen LogP contribution in [0.3, 0.4) is 0 Å². The van der Waals surface area contributed by atoms with E-state index in [1.807, 2.05) is 0 Å². The Bertz CT molecular complexity index is 224. The number of carboxylic acids is 1. The Labute approximate surface area is 76.2 Å². The van der Waals surface area contributed by atoms with Crippen molar-refractivity contribution in [3.8, 4) is 0 Å². The molecule has 0 saturated carbocycles. The van der Waals surface area contributed by atoms with Crippen LogP contribution in [0, 0.1) is 10.1 Å². The average molecular weight is 187 g/mol. The minimum absolute atomic E-state index is 0.0281. The minimum atomic E-state index is -1.08. The molecule has 5 heteroatoms. The maximum absolute atomic E-state index is 10.3. The van der Waals surface area contributed by atoms with E-state index >= 15 is 0 Å². The van der Waals surface area contributed by atoms with Crippen molar-refractivity contribution in [3.63, 3.8) is 0 Å². The molecule has 0 aliphatic rings. The van der Waals surface area contributed by atoms with Crippen LogP contribution >= 0.6 is 0 Å². The lowest BCUT2D eigenvalue weighted by atomic mass is 10.1. The van der Waals surface area contributed by atoms with Crippen LogP contribution in [0.15, 0.2) is 12.2 Å². The SMILES string of the molecule is C=C(CCC(CC)[N+](=O)[O-])C(=O)O. The van der Waals surface area contributed by atoms with Gasteiger partial charge < -0.3 is 5.11 Å². The van der Waals surface area contributed by atoms with E-state index in [2.05, 4.69) is 6.58 Å². The normalized spacial score (nSPS) is 12.1. The zero-order chi connectivity index (χ0) is 10.4. The van der Waals surface area contributed by atoms with E-state index in [1.54, 1.807) is 6.92 Å². The highest BCUT2D eigenvalue weighted by molar-refractivity contribution is 5.85. The van der Waals surface area contributed by atoms with Crippen LogP contribution in [0.5, 0.6) is 0 Å². The lowest BCUT2D eigenvalue weighted by Gasteiger charge is -2.05. The maximum atomic E-state index is 10.3. The molecule has 0 spiro atoms. The third-order valence-electron chi connectivity index (χ3n) is 1.85. The van der Waals surface area contributed by atoms with Gasteiger partial charge in [-0.1, -0.05) is 13.5 Å². The zero-order valence-electron chi connectivity index (χ0n) is 7.52. The lowest BCUT2D eigenvalue weighted by molar-refractivity contribution is -0.523. The predicted octanol–water partition coefficient (Wildman–Crippen LogP) is 1.46. The van der Waals surface area contributed by atoms with Gasteiger partial charge in [0.15, 0.2) is 0 Å². The zero-order valence-corrected chi connectivity index (χ0v) is 7.52. The Morgan fingerprint density at radius 3 is 2.54 bits per heavy atom. The molecule has 0 saturated heterocycles. The van der Waals surface area contributed by atoms with Crippen LogP contribution in [-0.4, -0.2) is 22.0 Å². The summed E-state index contributed by atoms with van der Waals surface area (Å²) in [5.74, 6) is -1.08. The van der Waals surface area contributed by atoms with Gasteiger partial charge in [-0.05, 0) is 6.42 Å². The number of nitrogens with zero attached hydrogens (tertiary/aromatic N) is 1. The van der Waals surface area contributed by atoms with E-state index in [0.29, 0.717) is 6.42 Å². The highest BCUT2D eigenvalue weighted by Crippen LogP contribution is 2.10. The van der Waals surface area contributed by atoms with Crippen molar-refractivity contribution in [1.29, 1.82) is 0 Å². The number of carbonyl (C=O) groups is 1. The largest absolute Gasteiger partial charge is 0.478 e. The summed E-state index contributed by atoms with van der Waals surface area (Å²) in [4.78, 5) is 20.3. The topological polar surface area (TPSA) is 80.4 Å². The highest BCUT2D eigenvalue weighted by atomic mass is 16.6. The van der Waals surface area contributed by atoms with Crippen molar-refractivity contribution in [2.24, 2.45) is 0 Å². The van der Waals surface area contributed by atoms with Crippen molar-refractivity contribution in [1.82, 2.24) is 0 Å². The second-order valence-electron chi connectivity index (χ2n) is 2.79. The molecule has 0 heterocycles. The molecule has 1 unspecified atom stereocenters. The quantitative estimate of drug-likeness (QED) is 0.388. The lowest BCUT2D eigenvalue weighted by Crippen LogP contribution is -2.18. The molecule has 1 N–H and O–H groups in total. The molecule has 1 atom stereocenters. The first kappa shape index (κ1) is 11.6. The van der Waals surface area contributed by atoms with Gasteiger partial charge in [-0.2, -0.15) is 0 Å². The first-order valence-electron chi connectivity index (χ1n) is 4.03. The maximum Gasteiger partial charge on any atom is 0.330 e. The molecule has 5 nitrogen and oxygen atoms in total. The van der Waals surface area contributed by atoms with Crippen LogP contribution in [0.1, 0.15) is 26.2 Å². The van der Waals surface area contributed by atoms with Gasteiger partial charge >= 0.3 is 5.97 Å². The van der Waals surface area contributed by atoms with E-state index < -0.39 is 12.0 Å². The van der Waals surface area contributed by atoms with Crippen LogP contribution in [0.4, 0.5) is 0 Å². The van der Waals surface area contributed by atoms with Gasteiger partial charge in [-0.15, -0.1) is 0 Å². The molecule has 74 valence electrons. The van der Waals surface area contributed by atoms with E-state index in [-0.39, 0.29) is 23.3 Å². The van der Waals surface area contributed by atoms with E-state index in [1.165, 1.54) is 0 Å². The molecule has 0 aromatic heterocycles. The van der Waals surface area contributed by atoms with Gasteiger partial charge in [-0.3, -0.25) is 10.1 Å². The smallest absolute Gasteiger partial charge is 0.330 e. The molecular formula is C8H13NO4. The molecule has 0 amide bonds. The van der Waals surface area contributed by atoms with Crippen LogP contribution < -0.4 is 0 Å². The molecule has 0 radical (unpaired) electrons. The average Bonchev–Trinajstić information content (AvgIpc) is 2.04. The molecule has 0 aromatic carbocycles. The van der Waals surface area contributed by atoms with E-state index in [0.717, 1.165) is 0 Å². The van der Waals surface area contributed by atoms with E-state index in [9.17, 15) is 14.9 Å². The van der Waals surface area contributed by atoms with Gasteiger partial charge in [0.1, 0.15) is 0 Å². The Kier molecular flexibility index (Phi) is 4.72. The predicted molar refractivity (Wildman–Crippen MR) is 47.1 cm³/mol. The molecule has 0 bridgehead atoms. The van der Waals surface area contributed by atoms with Gasteiger partial charge in [-0.25, -0.2) is 4.79 Å². The first-order valence-corrected chi connectivity index (χ1v) is 4.03. The number of nitro groups is 1. The number of aliphatic carboxylic acids is 1. The fraction of sp³-hybridized carbons (Fsp3) is 0.625. The Morgan fingerprint density at radius 2 is 2.23 bits per heavy atom. The number of carboxylic acid groups (broad SMARTS) is 1. The highest BCUT2D eigenvalue weighted by Gasteiger charge is 2.18. The summed E-state index contributed by atoms with van der Waals surface area (Å²) in [7, 11) is 0. The monoisotopic (exact) mass is 187 g/mol. The van der Waals surface area contributed by atoms with Crippen molar-refractivity contribution in [2.75, 3.05) is 0 Å².